The highest BCUT2D eigenvalue weighted by Gasteiger charge is 2.32. The Hall–Kier alpha value is -2.46. The normalized spacial score (nSPS) is 12.7. The first-order valence-electron chi connectivity index (χ1n) is 10.7. The number of methoxy groups -OCH3 is 1. The number of nitrogens with one attached hydrogen (secondary N) is 1. The van der Waals surface area contributed by atoms with Gasteiger partial charge in [-0.3, -0.25) is 4.79 Å². The predicted molar refractivity (Wildman–Crippen MR) is 144 cm³/mol. The minimum Gasteiger partial charge on any atom is -0.497 e. The molecule has 0 bridgehead atoms. The maximum Gasteiger partial charge on any atom is 0.416 e. The summed E-state index contributed by atoms with van der Waals surface area (Å²) in [7, 11) is 3.19. The van der Waals surface area contributed by atoms with Crippen LogP contribution in [0, 0.1) is 0 Å². The molecule has 0 spiro atoms. The second-order valence-electron chi connectivity index (χ2n) is 7.70. The Kier molecular flexibility index (Phi) is 10.7. The van der Waals surface area contributed by atoms with E-state index in [1.54, 1.807) is 14.2 Å². The lowest BCUT2D eigenvalue weighted by molar-refractivity contribution is -0.137. The molecular formula is C26H27ClF3IN2O2. The highest BCUT2D eigenvalue weighted by Crippen LogP contribution is 2.36. The van der Waals surface area contributed by atoms with Gasteiger partial charge in [0.1, 0.15) is 11.8 Å². The van der Waals surface area contributed by atoms with Crippen molar-refractivity contribution in [3.05, 3.63) is 95.6 Å². The van der Waals surface area contributed by atoms with E-state index in [4.69, 9.17) is 4.74 Å². The standard InChI is InChI=1S/C26H26F3IN2O2.ClH/c1-31-25(33)24(19-7-4-3-5-8-19)32(21-9-6-10-22(17-21)34-2)23(30)16-13-18-11-14-20(15-12-18)26(27,28)29;/h3-12,14-15,17,23-24H,13,16H2,1-2H3,(H,31,33);1H/t23-,24?;/m0./s1. The van der Waals surface area contributed by atoms with E-state index in [0.29, 0.717) is 18.6 Å². The first-order chi connectivity index (χ1) is 16.2. The van der Waals surface area contributed by atoms with Crippen LogP contribution < -0.4 is 15.0 Å². The van der Waals surface area contributed by atoms with Gasteiger partial charge in [-0.25, -0.2) is 0 Å². The van der Waals surface area contributed by atoms with E-state index in [1.165, 1.54) is 12.1 Å². The molecule has 0 saturated carbocycles. The lowest BCUT2D eigenvalue weighted by Gasteiger charge is -2.37. The molecule has 0 aliphatic heterocycles. The summed E-state index contributed by atoms with van der Waals surface area (Å²) in [5.74, 6) is 0.503. The molecule has 3 aromatic carbocycles. The monoisotopic (exact) mass is 618 g/mol. The van der Waals surface area contributed by atoms with Crippen LogP contribution in [0.1, 0.15) is 29.2 Å². The summed E-state index contributed by atoms with van der Waals surface area (Å²) in [6.45, 7) is 0. The largest absolute Gasteiger partial charge is 0.497 e. The summed E-state index contributed by atoms with van der Waals surface area (Å²) >= 11 is 2.29. The van der Waals surface area contributed by atoms with Crippen LogP contribution in [-0.2, 0) is 17.4 Å². The van der Waals surface area contributed by atoms with Gasteiger partial charge in [0.15, 0.2) is 0 Å². The molecule has 1 amide bonds. The van der Waals surface area contributed by atoms with Gasteiger partial charge < -0.3 is 15.0 Å². The van der Waals surface area contributed by atoms with E-state index >= 15 is 0 Å². The zero-order valence-electron chi connectivity index (χ0n) is 19.3. The molecule has 0 aromatic heterocycles. The van der Waals surface area contributed by atoms with Crippen LogP contribution in [-0.4, -0.2) is 24.1 Å². The Balaban J connectivity index is 0.00000432. The zero-order valence-corrected chi connectivity index (χ0v) is 22.2. The number of carbonyl (C=O) groups is 1. The molecule has 0 aliphatic rings. The quantitative estimate of drug-likeness (QED) is 0.163. The Bertz CT molecular complexity index is 1080. The molecule has 188 valence electrons. The summed E-state index contributed by atoms with van der Waals surface area (Å²) in [5, 5.41) is 2.77. The van der Waals surface area contributed by atoms with Crippen molar-refractivity contribution in [2.24, 2.45) is 0 Å². The number of hydrogen-bond acceptors (Lipinski definition) is 3. The number of rotatable bonds is 9. The molecule has 4 nitrogen and oxygen atoms in total. The van der Waals surface area contributed by atoms with E-state index in [-0.39, 0.29) is 22.4 Å². The number of nitrogens with zero attached hydrogens (tertiary/aromatic N) is 1. The molecule has 0 saturated heterocycles. The van der Waals surface area contributed by atoms with Crippen LogP contribution in [0.2, 0.25) is 0 Å². The van der Waals surface area contributed by atoms with Gasteiger partial charge in [0.05, 0.1) is 16.7 Å². The average Bonchev–Trinajstić information content (AvgIpc) is 2.85. The Labute approximate surface area is 223 Å². The molecule has 3 rings (SSSR count). The van der Waals surface area contributed by atoms with Crippen molar-refractivity contribution in [3.63, 3.8) is 0 Å². The Morgan fingerprint density at radius 3 is 2.26 bits per heavy atom. The average molecular weight is 619 g/mol. The summed E-state index contributed by atoms with van der Waals surface area (Å²) in [5.41, 5.74) is 1.78. The fraction of sp³-hybridized carbons (Fsp3) is 0.269. The molecule has 3 aromatic rings. The number of hydrogen-bond donors (Lipinski definition) is 1. The van der Waals surface area contributed by atoms with Crippen LogP contribution in [0.5, 0.6) is 5.75 Å². The van der Waals surface area contributed by atoms with Crippen LogP contribution >= 0.6 is 35.0 Å². The first kappa shape index (κ1) is 28.8. The number of carbonyl (C=O) groups excluding carboxylic acids is 1. The molecule has 0 aliphatic carbocycles. The number of ether oxygens (including phenoxy) is 1. The first-order valence-corrected chi connectivity index (χ1v) is 12.0. The molecule has 9 heteroatoms. The van der Waals surface area contributed by atoms with Gasteiger partial charge in [-0.2, -0.15) is 13.2 Å². The molecule has 0 radical (unpaired) electrons. The Morgan fingerprint density at radius 1 is 1.03 bits per heavy atom. The molecule has 2 atom stereocenters. The molecule has 1 unspecified atom stereocenters. The molecule has 35 heavy (non-hydrogen) atoms. The number of anilines is 1. The molecule has 1 N–H and O–H groups in total. The molecule has 0 heterocycles. The van der Waals surface area contributed by atoms with Crippen molar-refractivity contribution < 1.29 is 22.7 Å². The number of likely N-dealkylation sites (N-methyl/N-ethyl adjacent to an activating group) is 1. The maximum absolute atomic E-state index is 13.1. The van der Waals surface area contributed by atoms with Crippen molar-refractivity contribution in [1.82, 2.24) is 5.32 Å². The van der Waals surface area contributed by atoms with Crippen molar-refractivity contribution in [2.45, 2.75) is 29.1 Å². The van der Waals surface area contributed by atoms with Gasteiger partial charge in [0, 0.05) is 18.8 Å². The zero-order chi connectivity index (χ0) is 24.7. The maximum atomic E-state index is 13.1. The van der Waals surface area contributed by atoms with Crippen molar-refractivity contribution in [2.75, 3.05) is 19.1 Å². The summed E-state index contributed by atoms with van der Waals surface area (Å²) < 4.78 is 43.9. The second kappa shape index (κ2) is 13.0. The van der Waals surface area contributed by atoms with Crippen molar-refractivity contribution in [1.29, 1.82) is 0 Å². The van der Waals surface area contributed by atoms with E-state index in [1.807, 2.05) is 59.5 Å². The van der Waals surface area contributed by atoms with Crippen LogP contribution in [0.4, 0.5) is 18.9 Å². The third kappa shape index (κ3) is 7.51. The fourth-order valence-electron chi connectivity index (χ4n) is 3.74. The van der Waals surface area contributed by atoms with Gasteiger partial charge in [-0.1, -0.05) is 71.1 Å². The minimum absolute atomic E-state index is 0. The van der Waals surface area contributed by atoms with E-state index in [9.17, 15) is 18.0 Å². The number of aryl methyl sites for hydroxylation is 1. The lowest BCUT2D eigenvalue weighted by Crippen LogP contribution is -2.43. The third-order valence-corrected chi connectivity index (χ3v) is 6.72. The third-order valence-electron chi connectivity index (χ3n) is 5.49. The van der Waals surface area contributed by atoms with Crippen molar-refractivity contribution in [3.8, 4) is 5.75 Å². The number of alkyl halides is 4. The number of halogens is 5. The van der Waals surface area contributed by atoms with Gasteiger partial charge in [0.2, 0.25) is 5.91 Å². The topological polar surface area (TPSA) is 41.6 Å². The van der Waals surface area contributed by atoms with E-state index in [2.05, 4.69) is 27.9 Å². The van der Waals surface area contributed by atoms with Gasteiger partial charge in [-0.15, -0.1) is 12.4 Å². The van der Waals surface area contributed by atoms with Crippen LogP contribution in [0.15, 0.2) is 78.9 Å². The highest BCUT2D eigenvalue weighted by molar-refractivity contribution is 14.1. The summed E-state index contributed by atoms with van der Waals surface area (Å²) in [6.07, 6.45) is -3.19. The van der Waals surface area contributed by atoms with E-state index in [0.717, 1.165) is 28.9 Å². The van der Waals surface area contributed by atoms with Crippen LogP contribution in [0.25, 0.3) is 0 Å². The number of amides is 1. The smallest absolute Gasteiger partial charge is 0.416 e. The minimum atomic E-state index is -4.36. The lowest BCUT2D eigenvalue weighted by atomic mass is 10.0. The highest BCUT2D eigenvalue weighted by atomic mass is 127. The van der Waals surface area contributed by atoms with Gasteiger partial charge >= 0.3 is 6.18 Å². The predicted octanol–water partition coefficient (Wildman–Crippen LogP) is 6.82. The summed E-state index contributed by atoms with van der Waals surface area (Å²) in [6, 6.07) is 21.6. The Morgan fingerprint density at radius 2 is 1.69 bits per heavy atom. The fourth-order valence-corrected chi connectivity index (χ4v) is 4.69. The van der Waals surface area contributed by atoms with Gasteiger partial charge in [0.25, 0.3) is 0 Å². The van der Waals surface area contributed by atoms with E-state index < -0.39 is 17.8 Å². The van der Waals surface area contributed by atoms with Gasteiger partial charge in [-0.05, 0) is 48.2 Å². The SMILES string of the molecule is CNC(=O)C(c1ccccc1)N(c1cccc(OC)c1)[C@H](I)CCc1ccc(C(F)(F)F)cc1.Cl. The van der Waals surface area contributed by atoms with Crippen molar-refractivity contribution >= 4 is 46.6 Å². The number of benzene rings is 3. The second-order valence-corrected chi connectivity index (χ2v) is 9.14. The molecule has 0 fully saturated rings. The summed E-state index contributed by atoms with van der Waals surface area (Å²) in [4.78, 5) is 15.1. The molecular weight excluding hydrogens is 592 g/mol. The van der Waals surface area contributed by atoms with Crippen LogP contribution in [0.3, 0.4) is 0 Å².